The lowest BCUT2D eigenvalue weighted by Gasteiger charge is -2.34. The van der Waals surface area contributed by atoms with Crippen molar-refractivity contribution in [1.82, 2.24) is 39.9 Å². The molecule has 2 aromatic heterocycles. The number of halogens is 1. The predicted molar refractivity (Wildman–Crippen MR) is 283 cm³/mol. The number of likely N-dealkylation sites (tertiary alicyclic amines) is 1. The van der Waals surface area contributed by atoms with Crippen molar-refractivity contribution in [3.63, 3.8) is 0 Å². The molecule has 8 heterocycles. The zero-order chi connectivity index (χ0) is 51.4. The van der Waals surface area contributed by atoms with Crippen molar-refractivity contribution >= 4 is 39.8 Å². The topological polar surface area (TPSA) is 171 Å². The van der Waals surface area contributed by atoms with Crippen LogP contribution in [-0.2, 0) is 24.4 Å². The molecule has 5 fully saturated rings. The van der Waals surface area contributed by atoms with Crippen LogP contribution in [0.5, 0.6) is 23.3 Å². The Labute approximate surface area is 432 Å². The highest BCUT2D eigenvalue weighted by atomic mass is 19.1. The molecule has 16 heteroatoms. The Kier molecular flexibility index (Phi) is 13.6. The Bertz CT molecular complexity index is 3100. The van der Waals surface area contributed by atoms with Crippen molar-refractivity contribution in [2.45, 2.75) is 115 Å². The molecular weight excluding hydrogens is 938 g/mol. The van der Waals surface area contributed by atoms with E-state index in [-0.39, 0.29) is 63.4 Å². The van der Waals surface area contributed by atoms with E-state index in [1.165, 1.54) is 35.6 Å². The number of benzene rings is 4. The van der Waals surface area contributed by atoms with Gasteiger partial charge in [-0.15, -0.1) is 0 Å². The van der Waals surface area contributed by atoms with Crippen molar-refractivity contribution in [2.24, 2.45) is 5.92 Å². The van der Waals surface area contributed by atoms with Crippen LogP contribution in [0.1, 0.15) is 104 Å². The van der Waals surface area contributed by atoms with Crippen molar-refractivity contribution in [1.29, 1.82) is 0 Å². The van der Waals surface area contributed by atoms with Gasteiger partial charge in [0, 0.05) is 82.3 Å². The van der Waals surface area contributed by atoms with Crippen LogP contribution in [0.15, 0.2) is 72.9 Å². The van der Waals surface area contributed by atoms with Gasteiger partial charge in [-0.1, -0.05) is 63.2 Å². The number of piperazine rings is 1. The molecular formula is C58H68FN9O6. The maximum Gasteiger partial charge on any atom is 0.319 e. The molecule has 4 N–H and O–H groups in total. The number of aromatic hydroxyl groups is 3. The number of piperidine rings is 1. The molecule has 74 heavy (non-hydrogen) atoms. The maximum atomic E-state index is 16.7. The molecule has 0 spiro atoms. The third kappa shape index (κ3) is 9.67. The molecule has 4 atom stereocenters. The number of pyridine rings is 1. The van der Waals surface area contributed by atoms with Crippen LogP contribution in [0.3, 0.4) is 0 Å². The fraction of sp³-hybridized carbons (Fsp3) is 0.466. The minimum Gasteiger partial charge on any atom is -0.508 e. The molecule has 4 aromatic carbocycles. The summed E-state index contributed by atoms with van der Waals surface area (Å²) < 4.78 is 23.1. The minimum atomic E-state index is -0.570. The van der Waals surface area contributed by atoms with Gasteiger partial charge in [0.2, 0.25) is 6.41 Å². The summed E-state index contributed by atoms with van der Waals surface area (Å²) in [5.74, 6) is 0.656. The van der Waals surface area contributed by atoms with E-state index in [1.807, 2.05) is 45.2 Å². The highest BCUT2D eigenvalue weighted by Gasteiger charge is 2.50. The lowest BCUT2D eigenvalue weighted by atomic mass is 9.93. The molecule has 4 unspecified atom stereocenters. The zero-order valence-electron chi connectivity index (χ0n) is 42.9. The number of phenols is 3. The van der Waals surface area contributed by atoms with Gasteiger partial charge in [0.25, 0.3) is 5.91 Å². The molecule has 2 bridgehead atoms. The van der Waals surface area contributed by atoms with Crippen LogP contribution in [0, 0.1) is 11.7 Å². The van der Waals surface area contributed by atoms with Crippen molar-refractivity contribution < 1.29 is 34.0 Å². The summed E-state index contributed by atoms with van der Waals surface area (Å²) >= 11 is 0. The van der Waals surface area contributed by atoms with Crippen LogP contribution in [0.25, 0.3) is 32.9 Å². The number of hydrogen-bond donors (Lipinski definition) is 4. The van der Waals surface area contributed by atoms with Gasteiger partial charge in [0.1, 0.15) is 40.9 Å². The van der Waals surface area contributed by atoms with E-state index in [2.05, 4.69) is 55.1 Å². The fourth-order valence-corrected chi connectivity index (χ4v) is 12.6. The normalized spacial score (nSPS) is 22.8. The molecule has 0 saturated carbocycles. The van der Waals surface area contributed by atoms with E-state index in [9.17, 15) is 24.9 Å². The van der Waals surface area contributed by atoms with Crippen molar-refractivity contribution in [2.75, 3.05) is 57.8 Å². The lowest BCUT2D eigenvalue weighted by Crippen LogP contribution is -2.51. The van der Waals surface area contributed by atoms with Gasteiger partial charge in [-0.25, -0.2) is 4.39 Å². The summed E-state index contributed by atoms with van der Waals surface area (Å²) in [6, 6.07) is 21.2. The molecule has 6 aromatic rings. The van der Waals surface area contributed by atoms with Gasteiger partial charge in [-0.05, 0) is 128 Å². The number of aromatic nitrogens is 3. The van der Waals surface area contributed by atoms with Gasteiger partial charge in [0.05, 0.1) is 16.5 Å². The third-order valence-electron chi connectivity index (χ3n) is 16.8. The summed E-state index contributed by atoms with van der Waals surface area (Å²) in [5.41, 5.74) is 5.15. The number of fused-ring (bicyclic) bond motifs is 6. The smallest absolute Gasteiger partial charge is 0.319 e. The number of rotatable bonds is 11. The first-order valence-electron chi connectivity index (χ1n) is 26.5. The second-order valence-electron chi connectivity index (χ2n) is 22.3. The third-order valence-corrected chi connectivity index (χ3v) is 16.8. The van der Waals surface area contributed by atoms with Gasteiger partial charge >= 0.3 is 6.01 Å². The Morgan fingerprint density at radius 1 is 0.919 bits per heavy atom. The molecule has 6 aliphatic rings. The monoisotopic (exact) mass is 1010 g/mol. The minimum absolute atomic E-state index is 0.0282. The van der Waals surface area contributed by atoms with E-state index in [4.69, 9.17) is 9.72 Å². The standard InChI is InChI=1S/C33H36FN7O3.C25H32N2O3/c1-39(19-42)23-13-33(9-4-10-41(33)17-23)18-44-32-37-30-27(31(38-32)40-15-21-7-8-22(16-40)36-21)14-35-29(28(30)34)26-12-24(43)11-20-5-2-3-6-25(20)26;1-16(2)21-11-22(24(29)12-23(21)28)25(30)27-14-19-5-4-18(10-20(19)15-27)13-26-8-6-17(3)7-9-26/h2-3,5-6,11-12,14,19,21-23,36,43H,4,7-10,13,15-18H2,1H3;4-5,10-12,16-17,28-29H,6-9,13-15H2,1-3H3. The van der Waals surface area contributed by atoms with Gasteiger partial charge in [0.15, 0.2) is 5.82 Å². The fourth-order valence-electron chi connectivity index (χ4n) is 12.6. The predicted octanol–water partition coefficient (Wildman–Crippen LogP) is 8.31. The molecule has 388 valence electrons. The number of amides is 2. The first kappa shape index (κ1) is 49.6. The van der Waals surface area contributed by atoms with Crippen LogP contribution in [0.2, 0.25) is 0 Å². The largest absolute Gasteiger partial charge is 0.508 e. The number of hydrogen-bond acceptors (Lipinski definition) is 13. The number of anilines is 1. The summed E-state index contributed by atoms with van der Waals surface area (Å²) in [4.78, 5) is 49.5. The van der Waals surface area contributed by atoms with E-state index in [0.29, 0.717) is 54.1 Å². The Morgan fingerprint density at radius 3 is 2.46 bits per heavy atom. The lowest BCUT2D eigenvalue weighted by molar-refractivity contribution is -0.118. The molecule has 6 aliphatic heterocycles. The number of nitrogens with one attached hydrogen (secondary N) is 1. The van der Waals surface area contributed by atoms with Gasteiger partial charge < -0.3 is 40.1 Å². The Morgan fingerprint density at radius 2 is 1.69 bits per heavy atom. The molecule has 0 aliphatic carbocycles. The number of likely N-dealkylation sites (N-methyl/N-ethyl adjacent to an activating group) is 1. The SMILES string of the molecule is CC1CCN(Cc2ccc3c(c2)CN(C(=O)c2cc(C(C)C)c(O)cc2O)C3)CC1.CN(C=O)C1CN2CCCC2(COc2nc(N3CC4CCC(C3)N4)c3cnc(-c4cc(O)cc5ccccc45)c(F)c3n2)C1. The van der Waals surface area contributed by atoms with Crippen molar-refractivity contribution in [3.05, 3.63) is 107 Å². The van der Waals surface area contributed by atoms with Crippen LogP contribution < -0.4 is 15.0 Å². The van der Waals surface area contributed by atoms with Gasteiger partial charge in [-0.3, -0.25) is 24.4 Å². The Balaban J connectivity index is 0.000000171. The molecule has 12 rings (SSSR count). The second-order valence-corrected chi connectivity index (χ2v) is 22.3. The van der Waals surface area contributed by atoms with Crippen LogP contribution in [-0.4, -0.2) is 139 Å². The molecule has 2 amide bonds. The maximum absolute atomic E-state index is 16.7. The van der Waals surface area contributed by atoms with Crippen LogP contribution in [0.4, 0.5) is 10.2 Å². The number of ether oxygens (including phenoxy) is 1. The number of carbonyl (C=O) groups is 2. The number of nitrogens with zero attached hydrogens (tertiary/aromatic N) is 8. The average Bonchev–Trinajstić information content (AvgIpc) is 4.18. The molecule has 15 nitrogen and oxygen atoms in total. The summed E-state index contributed by atoms with van der Waals surface area (Å²) in [5, 5.41) is 36.6. The van der Waals surface area contributed by atoms with E-state index < -0.39 is 5.82 Å². The van der Waals surface area contributed by atoms with Crippen molar-refractivity contribution in [3.8, 4) is 34.5 Å². The highest BCUT2D eigenvalue weighted by Crippen LogP contribution is 2.42. The zero-order valence-corrected chi connectivity index (χ0v) is 42.9. The number of phenolic OH excluding ortho intramolecular Hbond substituents is 3. The summed E-state index contributed by atoms with van der Waals surface area (Å²) in [6.07, 6.45) is 10.1. The van der Waals surface area contributed by atoms with Gasteiger partial charge in [-0.2, -0.15) is 9.97 Å². The number of carbonyl (C=O) groups excluding carboxylic acids is 2. The second kappa shape index (κ2) is 20.2. The van der Waals surface area contributed by atoms with Crippen LogP contribution >= 0.6 is 0 Å². The quantitative estimate of drug-likeness (QED) is 0.0915. The first-order chi connectivity index (χ1) is 35.7. The summed E-state index contributed by atoms with van der Waals surface area (Å²) in [6.45, 7) is 14.3. The first-order valence-corrected chi connectivity index (χ1v) is 26.5. The average molecular weight is 1010 g/mol. The van der Waals surface area contributed by atoms with E-state index in [1.54, 1.807) is 34.2 Å². The molecule has 0 radical (unpaired) electrons. The highest BCUT2D eigenvalue weighted by molar-refractivity contribution is 6.00. The summed E-state index contributed by atoms with van der Waals surface area (Å²) in [7, 11) is 1.83. The Hall–Kier alpha value is -6.62. The molecule has 5 saturated heterocycles. The van der Waals surface area contributed by atoms with E-state index in [0.717, 1.165) is 101 Å². The van der Waals surface area contributed by atoms with E-state index >= 15 is 4.39 Å².